The van der Waals surface area contributed by atoms with Crippen LogP contribution in [0.15, 0.2) is 30.9 Å². The minimum Gasteiger partial charge on any atom is -0.351 e. The van der Waals surface area contributed by atoms with Crippen molar-refractivity contribution < 1.29 is 9.72 Å². The number of nitro groups is 1. The van der Waals surface area contributed by atoms with Gasteiger partial charge in [-0.3, -0.25) is 14.9 Å². The van der Waals surface area contributed by atoms with Crippen molar-refractivity contribution in [1.29, 1.82) is 0 Å². The number of carbonyl (C=O) groups is 1. The zero-order chi connectivity index (χ0) is 12.8. The van der Waals surface area contributed by atoms with Gasteiger partial charge in [-0.05, 0) is 12.5 Å². The van der Waals surface area contributed by atoms with Crippen molar-refractivity contribution in [3.05, 3.63) is 51.6 Å². The average Bonchev–Trinajstić information content (AvgIpc) is 2.28. The fourth-order valence-corrected chi connectivity index (χ4v) is 1.52. The molecule has 0 unspecified atom stereocenters. The highest BCUT2D eigenvalue weighted by Crippen LogP contribution is 2.25. The van der Waals surface area contributed by atoms with Crippen molar-refractivity contribution in [3.63, 3.8) is 0 Å². The molecule has 1 aromatic rings. The standard InChI is InChI=1S/C11H11ClN2O3/c1-2-3-7-13-11(15)10-8(12)5-4-6-9(10)14(16)17/h2,4-6H,1,3,7H2,(H,13,15). The second-order valence-corrected chi connectivity index (χ2v) is 3.63. The van der Waals surface area contributed by atoms with Crippen LogP contribution >= 0.6 is 11.6 Å². The lowest BCUT2D eigenvalue weighted by molar-refractivity contribution is -0.385. The van der Waals surface area contributed by atoms with Gasteiger partial charge in [0.1, 0.15) is 5.56 Å². The van der Waals surface area contributed by atoms with Crippen LogP contribution in [0.1, 0.15) is 16.8 Å². The molecule has 0 saturated heterocycles. The van der Waals surface area contributed by atoms with Gasteiger partial charge in [-0.2, -0.15) is 0 Å². The normalized spacial score (nSPS) is 9.71. The maximum atomic E-state index is 11.7. The van der Waals surface area contributed by atoms with Crippen molar-refractivity contribution in [2.75, 3.05) is 6.54 Å². The van der Waals surface area contributed by atoms with E-state index in [-0.39, 0.29) is 16.3 Å². The Bertz CT molecular complexity index is 460. The van der Waals surface area contributed by atoms with Gasteiger partial charge in [0.05, 0.1) is 9.95 Å². The van der Waals surface area contributed by atoms with Gasteiger partial charge in [-0.15, -0.1) is 6.58 Å². The van der Waals surface area contributed by atoms with Crippen LogP contribution in [0.3, 0.4) is 0 Å². The molecule has 17 heavy (non-hydrogen) atoms. The van der Waals surface area contributed by atoms with E-state index in [1.54, 1.807) is 6.08 Å². The number of halogens is 1. The van der Waals surface area contributed by atoms with Crippen molar-refractivity contribution >= 4 is 23.2 Å². The number of hydrogen-bond acceptors (Lipinski definition) is 3. The van der Waals surface area contributed by atoms with Crippen LogP contribution in [0.2, 0.25) is 5.02 Å². The first kappa shape index (κ1) is 13.2. The largest absolute Gasteiger partial charge is 0.351 e. The Morgan fingerprint density at radius 2 is 2.29 bits per heavy atom. The zero-order valence-corrected chi connectivity index (χ0v) is 9.74. The number of nitrogens with zero attached hydrogens (tertiary/aromatic N) is 1. The molecule has 0 heterocycles. The number of nitrogens with one attached hydrogen (secondary N) is 1. The molecule has 1 aromatic carbocycles. The van der Waals surface area contributed by atoms with Crippen LogP contribution in [0.25, 0.3) is 0 Å². The number of rotatable bonds is 5. The highest BCUT2D eigenvalue weighted by Gasteiger charge is 2.22. The molecule has 90 valence electrons. The Hall–Kier alpha value is -1.88. The molecule has 0 aromatic heterocycles. The van der Waals surface area contributed by atoms with E-state index in [1.807, 2.05) is 0 Å². The molecule has 0 saturated carbocycles. The van der Waals surface area contributed by atoms with Gasteiger partial charge in [0.15, 0.2) is 0 Å². The molecular weight excluding hydrogens is 244 g/mol. The van der Waals surface area contributed by atoms with Crippen LogP contribution in [0.5, 0.6) is 0 Å². The number of hydrogen-bond donors (Lipinski definition) is 1. The summed E-state index contributed by atoms with van der Waals surface area (Å²) < 4.78 is 0. The molecular formula is C11H11ClN2O3. The number of carbonyl (C=O) groups excluding carboxylic acids is 1. The smallest absolute Gasteiger partial charge is 0.283 e. The molecule has 5 nitrogen and oxygen atoms in total. The highest BCUT2D eigenvalue weighted by atomic mass is 35.5. The molecule has 0 aliphatic carbocycles. The molecule has 0 bridgehead atoms. The molecule has 1 amide bonds. The lowest BCUT2D eigenvalue weighted by atomic mass is 10.1. The van der Waals surface area contributed by atoms with Gasteiger partial charge < -0.3 is 5.32 Å². The Balaban J connectivity index is 2.99. The maximum absolute atomic E-state index is 11.7. The minimum absolute atomic E-state index is 0.0651. The van der Waals surface area contributed by atoms with Gasteiger partial charge in [0.2, 0.25) is 0 Å². The van der Waals surface area contributed by atoms with Crippen LogP contribution in [-0.2, 0) is 0 Å². The molecule has 0 fully saturated rings. The average molecular weight is 255 g/mol. The summed E-state index contributed by atoms with van der Waals surface area (Å²) in [6, 6.07) is 4.12. The van der Waals surface area contributed by atoms with Crippen molar-refractivity contribution in [3.8, 4) is 0 Å². The highest BCUT2D eigenvalue weighted by molar-refractivity contribution is 6.34. The molecule has 6 heteroatoms. The van der Waals surface area contributed by atoms with E-state index < -0.39 is 10.8 Å². The first-order valence-corrected chi connectivity index (χ1v) is 5.27. The second-order valence-electron chi connectivity index (χ2n) is 3.22. The fraction of sp³-hybridized carbons (Fsp3) is 0.182. The molecule has 0 radical (unpaired) electrons. The fourth-order valence-electron chi connectivity index (χ4n) is 1.27. The first-order chi connectivity index (χ1) is 8.07. The van der Waals surface area contributed by atoms with Gasteiger partial charge in [-0.25, -0.2) is 0 Å². The van der Waals surface area contributed by atoms with Crippen LogP contribution in [0, 0.1) is 10.1 Å². The summed E-state index contributed by atoms with van der Waals surface area (Å²) in [6.45, 7) is 3.87. The third kappa shape index (κ3) is 3.29. The van der Waals surface area contributed by atoms with E-state index in [0.29, 0.717) is 13.0 Å². The summed E-state index contributed by atoms with van der Waals surface area (Å²) in [6.07, 6.45) is 2.23. The SMILES string of the molecule is C=CCCNC(=O)c1c(Cl)cccc1[N+](=O)[O-]. The van der Waals surface area contributed by atoms with Crippen molar-refractivity contribution in [2.45, 2.75) is 6.42 Å². The Labute approximate surface area is 103 Å². The molecule has 1 rings (SSSR count). The van der Waals surface area contributed by atoms with Gasteiger partial charge in [0, 0.05) is 12.6 Å². The predicted octanol–water partition coefficient (Wildman–Crippen LogP) is 2.55. The topological polar surface area (TPSA) is 72.2 Å². The number of benzene rings is 1. The Kier molecular flexibility index (Phi) is 4.66. The number of nitro benzene ring substituents is 1. The summed E-state index contributed by atoms with van der Waals surface area (Å²) in [5, 5.41) is 13.4. The number of amides is 1. The second kappa shape index (κ2) is 6.00. The van der Waals surface area contributed by atoms with Crippen LogP contribution in [-0.4, -0.2) is 17.4 Å². The van der Waals surface area contributed by atoms with Crippen LogP contribution < -0.4 is 5.32 Å². The van der Waals surface area contributed by atoms with E-state index in [1.165, 1.54) is 18.2 Å². The molecule has 0 aliphatic rings. The van der Waals surface area contributed by atoms with E-state index in [2.05, 4.69) is 11.9 Å². The zero-order valence-electron chi connectivity index (χ0n) is 8.98. The molecule has 0 aliphatic heterocycles. The predicted molar refractivity (Wildman–Crippen MR) is 65.3 cm³/mol. The summed E-state index contributed by atoms with van der Waals surface area (Å²) in [5.41, 5.74) is -0.406. The molecule has 1 N–H and O–H groups in total. The lowest BCUT2D eigenvalue weighted by Gasteiger charge is -2.05. The summed E-state index contributed by atoms with van der Waals surface area (Å²) in [5.74, 6) is -0.552. The molecule has 0 atom stereocenters. The summed E-state index contributed by atoms with van der Waals surface area (Å²) in [7, 11) is 0. The molecule has 0 spiro atoms. The first-order valence-electron chi connectivity index (χ1n) is 4.90. The van der Waals surface area contributed by atoms with E-state index in [4.69, 9.17) is 11.6 Å². The monoisotopic (exact) mass is 254 g/mol. The Morgan fingerprint density at radius 1 is 1.59 bits per heavy atom. The van der Waals surface area contributed by atoms with Gasteiger partial charge >= 0.3 is 0 Å². The summed E-state index contributed by atoms with van der Waals surface area (Å²) >= 11 is 5.80. The third-order valence-corrected chi connectivity index (χ3v) is 2.36. The van der Waals surface area contributed by atoms with E-state index in [0.717, 1.165) is 0 Å². The quantitative estimate of drug-likeness (QED) is 0.380. The van der Waals surface area contributed by atoms with E-state index in [9.17, 15) is 14.9 Å². The van der Waals surface area contributed by atoms with Crippen molar-refractivity contribution in [1.82, 2.24) is 5.32 Å². The van der Waals surface area contributed by atoms with Crippen molar-refractivity contribution in [2.24, 2.45) is 0 Å². The third-order valence-electron chi connectivity index (χ3n) is 2.05. The van der Waals surface area contributed by atoms with Gasteiger partial charge in [0.25, 0.3) is 11.6 Å². The van der Waals surface area contributed by atoms with E-state index >= 15 is 0 Å². The van der Waals surface area contributed by atoms with Crippen LogP contribution in [0.4, 0.5) is 5.69 Å². The minimum atomic E-state index is -0.631. The Morgan fingerprint density at radius 3 is 2.88 bits per heavy atom. The summed E-state index contributed by atoms with van der Waals surface area (Å²) in [4.78, 5) is 21.9. The lowest BCUT2D eigenvalue weighted by Crippen LogP contribution is -2.25. The maximum Gasteiger partial charge on any atom is 0.283 e. The van der Waals surface area contributed by atoms with Gasteiger partial charge in [-0.1, -0.05) is 23.7 Å².